The van der Waals surface area contributed by atoms with Gasteiger partial charge in [0.25, 0.3) is 0 Å². The number of methoxy groups -OCH3 is 1. The van der Waals surface area contributed by atoms with Crippen molar-refractivity contribution in [2.75, 3.05) is 39.2 Å². The summed E-state index contributed by atoms with van der Waals surface area (Å²) in [6.07, 6.45) is 4.00. The molecule has 4 aromatic rings. The Hall–Kier alpha value is -4.12. The number of likely N-dealkylation sites (tertiary alicyclic amines) is 1. The van der Waals surface area contributed by atoms with Crippen molar-refractivity contribution in [2.45, 2.75) is 57.0 Å². The van der Waals surface area contributed by atoms with Gasteiger partial charge in [0, 0.05) is 34.4 Å². The number of epoxide rings is 1. The summed E-state index contributed by atoms with van der Waals surface area (Å²) >= 11 is 0. The maximum atomic E-state index is 6.20. The van der Waals surface area contributed by atoms with Crippen molar-refractivity contribution in [2.24, 2.45) is 9.98 Å². The van der Waals surface area contributed by atoms with Crippen LogP contribution in [0.3, 0.4) is 0 Å². The number of hydrogen-bond acceptors (Lipinski definition) is 10. The highest BCUT2D eigenvalue weighted by atomic mass is 16.6. The third kappa shape index (κ3) is 4.27. The first kappa shape index (κ1) is 27.4. The number of nitrogens with one attached hydrogen (secondary N) is 2. The Kier molecular flexibility index (Phi) is 6.20. The van der Waals surface area contributed by atoms with Crippen molar-refractivity contribution < 1.29 is 14.0 Å². The summed E-state index contributed by atoms with van der Waals surface area (Å²) < 4.78 is 17.7. The number of anilines is 1. The molecule has 0 spiro atoms. The molecule has 10 nitrogen and oxygen atoms in total. The summed E-state index contributed by atoms with van der Waals surface area (Å²) in [6, 6.07) is 14.9. The van der Waals surface area contributed by atoms with Crippen molar-refractivity contribution in [1.29, 1.82) is 0 Å². The number of fused-ring (bicyclic) bond motifs is 4. The Morgan fingerprint density at radius 2 is 1.89 bits per heavy atom. The molecule has 0 amide bonds. The third-order valence-electron chi connectivity index (χ3n) is 9.65. The minimum absolute atomic E-state index is 0.182. The van der Waals surface area contributed by atoms with Gasteiger partial charge >= 0.3 is 0 Å². The number of pyridine rings is 1. The smallest absolute Gasteiger partial charge is 0.203 e. The van der Waals surface area contributed by atoms with Crippen molar-refractivity contribution in [3.05, 3.63) is 71.2 Å². The van der Waals surface area contributed by atoms with Gasteiger partial charge in [0.05, 0.1) is 42.1 Å². The molecule has 10 heteroatoms. The maximum Gasteiger partial charge on any atom is 0.203 e. The highest BCUT2D eigenvalue weighted by molar-refractivity contribution is 6.21. The first-order chi connectivity index (χ1) is 21.3. The average molecular weight is 592 g/mol. The monoisotopic (exact) mass is 591 g/mol. The number of benzene rings is 2. The SMILES string of the molecule is COc1cc2c(cc1-c1c(C)noc1C)NC1(C)N=C(C3(NC4CCN(C)CC4)CO3)N=C(c3ccnc4ccccc34)C21. The Labute approximate surface area is 256 Å². The van der Waals surface area contributed by atoms with Gasteiger partial charge in [-0.2, -0.15) is 0 Å². The molecule has 4 aliphatic heterocycles. The van der Waals surface area contributed by atoms with Gasteiger partial charge in [0.2, 0.25) is 5.72 Å². The second-order valence-corrected chi connectivity index (χ2v) is 12.7. The number of aryl methyl sites for hydroxylation is 2. The van der Waals surface area contributed by atoms with E-state index >= 15 is 0 Å². The van der Waals surface area contributed by atoms with Crippen molar-refractivity contribution >= 4 is 28.1 Å². The van der Waals surface area contributed by atoms with Crippen molar-refractivity contribution in [3.63, 3.8) is 0 Å². The molecular formula is C34H37N7O3. The van der Waals surface area contributed by atoms with E-state index in [0.29, 0.717) is 18.5 Å². The molecule has 0 aliphatic carbocycles. The number of aliphatic imine (C=N–C) groups is 2. The molecule has 4 aliphatic rings. The summed E-state index contributed by atoms with van der Waals surface area (Å²) in [5.41, 5.74) is 6.26. The van der Waals surface area contributed by atoms with Crippen LogP contribution in [-0.2, 0) is 4.74 Å². The van der Waals surface area contributed by atoms with Gasteiger partial charge in [-0.15, -0.1) is 0 Å². The number of amidine groups is 1. The predicted octanol–water partition coefficient (Wildman–Crippen LogP) is 5.05. The van der Waals surface area contributed by atoms with E-state index in [2.05, 4.69) is 70.0 Å². The van der Waals surface area contributed by atoms with Crippen LogP contribution in [-0.4, -0.2) is 77.9 Å². The Bertz CT molecular complexity index is 1830. The first-order valence-corrected chi connectivity index (χ1v) is 15.4. The highest BCUT2D eigenvalue weighted by Gasteiger charge is 2.57. The molecule has 2 fully saturated rings. The number of nitrogens with zero attached hydrogens (tertiary/aromatic N) is 5. The first-order valence-electron chi connectivity index (χ1n) is 15.4. The lowest BCUT2D eigenvalue weighted by Gasteiger charge is -2.36. The summed E-state index contributed by atoms with van der Waals surface area (Å²) in [4.78, 5) is 17.8. The minimum atomic E-state index is -0.713. The van der Waals surface area contributed by atoms with Gasteiger partial charge in [-0.05, 0) is 83.6 Å². The number of para-hydroxylation sites is 1. The van der Waals surface area contributed by atoms with Crippen LogP contribution in [0.2, 0.25) is 0 Å². The van der Waals surface area contributed by atoms with E-state index in [1.165, 1.54) is 0 Å². The number of ether oxygens (including phenoxy) is 2. The van der Waals surface area contributed by atoms with Crippen LogP contribution in [0, 0.1) is 13.8 Å². The second kappa shape index (κ2) is 9.95. The number of aromatic nitrogens is 2. The van der Waals surface area contributed by atoms with E-state index < -0.39 is 11.4 Å². The fraction of sp³-hybridized carbons (Fsp3) is 0.412. The van der Waals surface area contributed by atoms with E-state index in [-0.39, 0.29) is 5.92 Å². The molecule has 226 valence electrons. The molecule has 2 N–H and O–H groups in total. The molecule has 0 saturated carbocycles. The van der Waals surface area contributed by atoms with E-state index in [4.69, 9.17) is 24.0 Å². The predicted molar refractivity (Wildman–Crippen MR) is 171 cm³/mol. The van der Waals surface area contributed by atoms with Crippen LogP contribution < -0.4 is 15.4 Å². The van der Waals surface area contributed by atoms with Gasteiger partial charge < -0.3 is 24.2 Å². The zero-order valence-electron chi connectivity index (χ0n) is 25.8. The van der Waals surface area contributed by atoms with Gasteiger partial charge in [-0.1, -0.05) is 23.4 Å². The van der Waals surface area contributed by atoms with Crippen molar-refractivity contribution in [1.82, 2.24) is 20.4 Å². The standard InChI is InChI=1S/C34H37N7O3/c1-19-29(20(2)44-40-19)25-16-27-24(17-28(25)42-5)30-31(23-10-13-35-26-9-7-6-8-22(23)26)36-32(39-33(30,3)38-27)34(18-43-34)37-21-11-14-41(4)15-12-21/h6-10,13,16-17,21,30,37-38H,11-12,14-15,18H2,1-5H3. The van der Waals surface area contributed by atoms with E-state index in [9.17, 15) is 0 Å². The van der Waals surface area contributed by atoms with Crippen LogP contribution in [0.4, 0.5) is 5.69 Å². The van der Waals surface area contributed by atoms with Gasteiger partial charge in [0.1, 0.15) is 17.2 Å². The van der Waals surface area contributed by atoms with Gasteiger partial charge in [-0.3, -0.25) is 10.3 Å². The molecule has 2 saturated heterocycles. The normalized spacial score (nSPS) is 26.5. The number of rotatable bonds is 6. The molecule has 0 radical (unpaired) electrons. The molecular weight excluding hydrogens is 554 g/mol. The molecule has 6 heterocycles. The molecule has 3 unspecified atom stereocenters. The fourth-order valence-electron chi connectivity index (χ4n) is 7.30. The summed E-state index contributed by atoms with van der Waals surface area (Å²) in [5, 5.41) is 12.9. The Balaban J connectivity index is 1.29. The maximum absolute atomic E-state index is 6.20. The Morgan fingerprint density at radius 1 is 1.09 bits per heavy atom. The van der Waals surface area contributed by atoms with E-state index in [1.807, 2.05) is 32.2 Å². The minimum Gasteiger partial charge on any atom is -0.496 e. The largest absolute Gasteiger partial charge is 0.496 e. The van der Waals surface area contributed by atoms with Gasteiger partial charge in [-0.25, -0.2) is 9.98 Å². The van der Waals surface area contributed by atoms with Crippen LogP contribution in [0.5, 0.6) is 5.75 Å². The topological polar surface area (TPSA) is 113 Å². The summed E-state index contributed by atoms with van der Waals surface area (Å²) in [6.45, 7) is 8.70. The third-order valence-corrected chi connectivity index (χ3v) is 9.65. The summed E-state index contributed by atoms with van der Waals surface area (Å²) in [5.74, 6) is 2.01. The number of hydrogen-bond donors (Lipinski definition) is 2. The Morgan fingerprint density at radius 3 is 2.61 bits per heavy atom. The van der Waals surface area contributed by atoms with Crippen LogP contribution in [0.15, 0.2) is 63.2 Å². The molecule has 0 bridgehead atoms. The lowest BCUT2D eigenvalue weighted by atomic mass is 9.81. The highest BCUT2D eigenvalue weighted by Crippen LogP contribution is 2.52. The lowest BCUT2D eigenvalue weighted by Crippen LogP contribution is -2.53. The molecule has 3 atom stereocenters. The quantitative estimate of drug-likeness (QED) is 0.300. The van der Waals surface area contributed by atoms with Crippen LogP contribution in [0.1, 0.15) is 48.3 Å². The van der Waals surface area contributed by atoms with E-state index in [1.54, 1.807) is 7.11 Å². The lowest BCUT2D eigenvalue weighted by molar-refractivity contribution is 0.203. The fourth-order valence-corrected chi connectivity index (χ4v) is 7.30. The zero-order valence-corrected chi connectivity index (χ0v) is 25.8. The van der Waals surface area contributed by atoms with Crippen LogP contribution in [0.25, 0.3) is 22.0 Å². The molecule has 2 aromatic carbocycles. The van der Waals surface area contributed by atoms with E-state index in [0.717, 1.165) is 87.7 Å². The molecule has 8 rings (SSSR count). The average Bonchev–Trinajstić information content (AvgIpc) is 3.64. The molecule has 44 heavy (non-hydrogen) atoms. The zero-order chi connectivity index (χ0) is 30.2. The van der Waals surface area contributed by atoms with Crippen LogP contribution >= 0.6 is 0 Å². The van der Waals surface area contributed by atoms with Gasteiger partial charge in [0.15, 0.2) is 5.84 Å². The molecule has 2 aromatic heterocycles. The second-order valence-electron chi connectivity index (χ2n) is 12.7. The number of piperidine rings is 1. The van der Waals surface area contributed by atoms with Crippen molar-refractivity contribution in [3.8, 4) is 16.9 Å². The summed E-state index contributed by atoms with van der Waals surface area (Å²) in [7, 11) is 3.88.